The number of aliphatic hydroxyl groups is 1. The van der Waals surface area contributed by atoms with Crippen molar-refractivity contribution in [2.45, 2.75) is 38.0 Å². The van der Waals surface area contributed by atoms with Crippen LogP contribution in [0.5, 0.6) is 0 Å². The molecule has 146 valence electrons. The van der Waals surface area contributed by atoms with Gasteiger partial charge in [0.05, 0.1) is 12.1 Å². The molecule has 0 heterocycles. The number of benzene rings is 2. The molecule has 0 aliphatic rings. The lowest BCUT2D eigenvalue weighted by Gasteiger charge is -2.23. The van der Waals surface area contributed by atoms with E-state index >= 15 is 0 Å². The second kappa shape index (κ2) is 9.43. The maximum absolute atomic E-state index is 13.4. The van der Waals surface area contributed by atoms with E-state index in [9.17, 15) is 18.7 Å². The van der Waals surface area contributed by atoms with Crippen LogP contribution in [-0.2, 0) is 18.9 Å². The van der Waals surface area contributed by atoms with Crippen LogP contribution in [-0.4, -0.2) is 35.0 Å². The molecule has 0 aliphatic carbocycles. The first-order chi connectivity index (χ1) is 12.8. The molecule has 0 aromatic heterocycles. The van der Waals surface area contributed by atoms with E-state index in [-0.39, 0.29) is 18.7 Å². The third-order valence-electron chi connectivity index (χ3n) is 4.19. The number of amides is 1. The number of aliphatic hydroxyl groups excluding tert-OH is 1. The zero-order chi connectivity index (χ0) is 19.9. The maximum atomic E-state index is 13.4. The highest BCUT2D eigenvalue weighted by molar-refractivity contribution is 5.65. The van der Waals surface area contributed by atoms with E-state index in [0.29, 0.717) is 12.0 Å². The average Bonchev–Trinajstić information content (AvgIpc) is 2.61. The monoisotopic (exact) mass is 378 g/mol. The Morgan fingerprint density at radius 1 is 1.11 bits per heavy atom. The van der Waals surface area contributed by atoms with Gasteiger partial charge in [-0.3, -0.25) is 0 Å². The van der Waals surface area contributed by atoms with Crippen molar-refractivity contribution in [3.63, 3.8) is 0 Å². The molecule has 0 saturated heterocycles. The second-order valence-electron chi connectivity index (χ2n) is 6.53. The summed E-state index contributed by atoms with van der Waals surface area (Å²) in [6.07, 6.45) is -1.85. The van der Waals surface area contributed by atoms with Gasteiger partial charge in [-0.05, 0) is 23.6 Å². The fourth-order valence-electron chi connectivity index (χ4n) is 2.77. The number of halogens is 2. The molecule has 2 rings (SSSR count). The first-order valence-corrected chi connectivity index (χ1v) is 8.65. The number of nitrogens with one attached hydrogen (secondary N) is 2. The Bertz CT molecular complexity index is 736. The van der Waals surface area contributed by atoms with Gasteiger partial charge in [-0.2, -0.15) is 0 Å². The minimum absolute atomic E-state index is 0.0724. The SMILES string of the molecule is CC(F)(F)c1cccc(CNC[C@@H](O)[C@H](Cc2ccccc2)NC(=O)O)c1. The zero-order valence-electron chi connectivity index (χ0n) is 15.0. The van der Waals surface area contributed by atoms with Crippen molar-refractivity contribution < 1.29 is 23.8 Å². The van der Waals surface area contributed by atoms with E-state index in [4.69, 9.17) is 5.11 Å². The summed E-state index contributed by atoms with van der Waals surface area (Å²) in [4.78, 5) is 11.0. The third kappa shape index (κ3) is 6.96. The Balaban J connectivity index is 1.93. The van der Waals surface area contributed by atoms with E-state index < -0.39 is 24.2 Å². The first-order valence-electron chi connectivity index (χ1n) is 8.65. The average molecular weight is 378 g/mol. The van der Waals surface area contributed by atoms with Gasteiger partial charge >= 0.3 is 6.09 Å². The minimum Gasteiger partial charge on any atom is -0.465 e. The van der Waals surface area contributed by atoms with Crippen LogP contribution in [0.15, 0.2) is 54.6 Å². The normalized spacial score (nSPS) is 13.8. The van der Waals surface area contributed by atoms with E-state index in [2.05, 4.69) is 10.6 Å². The molecule has 2 atom stereocenters. The molecule has 2 aromatic carbocycles. The predicted octanol–water partition coefficient (Wildman–Crippen LogP) is 3.13. The van der Waals surface area contributed by atoms with Crippen molar-refractivity contribution in [2.24, 2.45) is 0 Å². The fraction of sp³-hybridized carbons (Fsp3) is 0.350. The Kier molecular flexibility index (Phi) is 7.27. The molecule has 7 heteroatoms. The summed E-state index contributed by atoms with van der Waals surface area (Å²) in [5, 5.41) is 24.7. The van der Waals surface area contributed by atoms with Gasteiger partial charge in [0.1, 0.15) is 0 Å². The summed E-state index contributed by atoms with van der Waals surface area (Å²) in [5.41, 5.74) is 1.48. The molecule has 0 bridgehead atoms. The molecular weight excluding hydrogens is 354 g/mol. The molecule has 5 nitrogen and oxygen atoms in total. The summed E-state index contributed by atoms with van der Waals surface area (Å²) >= 11 is 0. The zero-order valence-corrected chi connectivity index (χ0v) is 15.0. The van der Waals surface area contributed by atoms with Crippen molar-refractivity contribution in [3.05, 3.63) is 71.3 Å². The topological polar surface area (TPSA) is 81.6 Å². The smallest absolute Gasteiger partial charge is 0.404 e. The number of carboxylic acid groups (broad SMARTS) is 1. The van der Waals surface area contributed by atoms with Gasteiger partial charge in [0.2, 0.25) is 0 Å². The molecular formula is C20H24F2N2O3. The molecule has 2 aromatic rings. The van der Waals surface area contributed by atoms with Crippen LogP contribution in [0.4, 0.5) is 13.6 Å². The molecule has 4 N–H and O–H groups in total. The largest absolute Gasteiger partial charge is 0.465 e. The quantitative estimate of drug-likeness (QED) is 0.540. The molecule has 0 spiro atoms. The molecule has 0 unspecified atom stereocenters. The Hall–Kier alpha value is -2.51. The van der Waals surface area contributed by atoms with Crippen LogP contribution < -0.4 is 10.6 Å². The highest BCUT2D eigenvalue weighted by Crippen LogP contribution is 2.27. The third-order valence-corrected chi connectivity index (χ3v) is 4.19. The number of carbonyl (C=O) groups is 1. The Morgan fingerprint density at radius 3 is 2.41 bits per heavy atom. The van der Waals surface area contributed by atoms with Crippen LogP contribution in [0.2, 0.25) is 0 Å². The number of alkyl halides is 2. The van der Waals surface area contributed by atoms with Gasteiger partial charge < -0.3 is 20.8 Å². The van der Waals surface area contributed by atoms with Crippen LogP contribution in [0.1, 0.15) is 23.6 Å². The Morgan fingerprint density at radius 2 is 1.78 bits per heavy atom. The first kappa shape index (κ1) is 20.8. The summed E-state index contributed by atoms with van der Waals surface area (Å²) in [6.45, 7) is 1.24. The van der Waals surface area contributed by atoms with Crippen LogP contribution in [0.25, 0.3) is 0 Å². The predicted molar refractivity (Wildman–Crippen MR) is 98.8 cm³/mol. The molecule has 0 fully saturated rings. The number of rotatable bonds is 9. The van der Waals surface area contributed by atoms with Crippen LogP contribution in [0, 0.1) is 0 Å². The van der Waals surface area contributed by atoms with E-state index in [1.165, 1.54) is 12.1 Å². The molecule has 27 heavy (non-hydrogen) atoms. The van der Waals surface area contributed by atoms with Crippen molar-refractivity contribution in [2.75, 3.05) is 6.54 Å². The summed E-state index contributed by atoms with van der Waals surface area (Å²) in [7, 11) is 0. The highest BCUT2D eigenvalue weighted by Gasteiger charge is 2.24. The van der Waals surface area contributed by atoms with Crippen molar-refractivity contribution >= 4 is 6.09 Å². The van der Waals surface area contributed by atoms with E-state index in [0.717, 1.165) is 12.5 Å². The summed E-state index contributed by atoms with van der Waals surface area (Å²) < 4.78 is 26.8. The van der Waals surface area contributed by atoms with E-state index in [1.807, 2.05) is 30.3 Å². The number of hydrogen-bond donors (Lipinski definition) is 4. The second-order valence-corrected chi connectivity index (χ2v) is 6.53. The van der Waals surface area contributed by atoms with Gasteiger partial charge in [0, 0.05) is 25.6 Å². The van der Waals surface area contributed by atoms with Gasteiger partial charge in [-0.25, -0.2) is 13.6 Å². The fourth-order valence-corrected chi connectivity index (χ4v) is 2.77. The van der Waals surface area contributed by atoms with Crippen molar-refractivity contribution in [1.82, 2.24) is 10.6 Å². The molecule has 1 amide bonds. The summed E-state index contributed by atoms with van der Waals surface area (Å²) in [6, 6.07) is 14.6. The van der Waals surface area contributed by atoms with Gasteiger partial charge in [0.25, 0.3) is 5.92 Å². The molecule has 0 saturated carbocycles. The van der Waals surface area contributed by atoms with Gasteiger partial charge in [-0.1, -0.05) is 48.5 Å². The maximum Gasteiger partial charge on any atom is 0.404 e. The van der Waals surface area contributed by atoms with Crippen molar-refractivity contribution in [1.29, 1.82) is 0 Å². The minimum atomic E-state index is -2.91. The van der Waals surface area contributed by atoms with Gasteiger partial charge in [0.15, 0.2) is 0 Å². The Labute approximate surface area is 157 Å². The van der Waals surface area contributed by atoms with Crippen molar-refractivity contribution in [3.8, 4) is 0 Å². The van der Waals surface area contributed by atoms with Crippen LogP contribution in [0.3, 0.4) is 0 Å². The van der Waals surface area contributed by atoms with Gasteiger partial charge in [-0.15, -0.1) is 0 Å². The lowest BCUT2D eigenvalue weighted by atomic mass is 10.0. The lowest BCUT2D eigenvalue weighted by Crippen LogP contribution is -2.48. The lowest BCUT2D eigenvalue weighted by molar-refractivity contribution is 0.0174. The molecule has 0 aliphatic heterocycles. The van der Waals surface area contributed by atoms with E-state index in [1.54, 1.807) is 12.1 Å². The summed E-state index contributed by atoms with van der Waals surface area (Å²) in [5.74, 6) is -2.91. The highest BCUT2D eigenvalue weighted by atomic mass is 19.3. The number of hydrogen-bond acceptors (Lipinski definition) is 3. The van der Waals surface area contributed by atoms with Crippen LogP contribution >= 0.6 is 0 Å². The molecule has 0 radical (unpaired) electrons. The standard InChI is InChI=1S/C20H24F2N2O3/c1-20(21,22)16-9-5-8-15(10-16)12-23-13-18(25)17(24-19(26)27)11-14-6-3-2-4-7-14/h2-10,17-18,23-25H,11-13H2,1H3,(H,26,27)/t17-,18+/m0/s1.